The molecule has 1 aromatic rings. The van der Waals surface area contributed by atoms with Gasteiger partial charge in [0.1, 0.15) is 0 Å². The molecule has 4 N–H and O–H groups in total. The Kier molecular flexibility index (Phi) is 4.38. The molecule has 0 fully saturated rings. The predicted molar refractivity (Wildman–Crippen MR) is 68.8 cm³/mol. The summed E-state index contributed by atoms with van der Waals surface area (Å²) in [7, 11) is 1.23. The zero-order chi connectivity index (χ0) is 13.7. The van der Waals surface area contributed by atoms with Crippen LogP contribution in [0.5, 0.6) is 11.5 Å². The zero-order valence-electron chi connectivity index (χ0n) is 9.28. The van der Waals surface area contributed by atoms with Gasteiger partial charge in [0, 0.05) is 11.6 Å². The number of thiocarbonyl (C=S) groups is 1. The number of phenols is 1. The number of methoxy groups -OCH3 is 1. The highest BCUT2D eigenvalue weighted by Gasteiger charge is 2.19. The number of phenolic OH excluding ortho intramolecular Hbond substituents is 1. The first-order valence-corrected chi connectivity index (χ1v) is 5.00. The van der Waals surface area contributed by atoms with Gasteiger partial charge in [-0.15, -0.1) is 0 Å². The molecule has 1 aromatic carbocycles. The van der Waals surface area contributed by atoms with Crippen LogP contribution in [-0.4, -0.2) is 28.5 Å². The number of aromatic hydroxyl groups is 1. The van der Waals surface area contributed by atoms with Gasteiger partial charge in [0.15, 0.2) is 10.9 Å². The summed E-state index contributed by atoms with van der Waals surface area (Å²) >= 11 is 4.52. The number of hydrazone groups is 1. The maximum absolute atomic E-state index is 10.8. The minimum absolute atomic E-state index is 0.0431. The molecule has 0 aliphatic heterocycles. The van der Waals surface area contributed by atoms with E-state index in [4.69, 9.17) is 10.5 Å². The van der Waals surface area contributed by atoms with Gasteiger partial charge in [-0.05, 0) is 18.3 Å². The minimum Gasteiger partial charge on any atom is -0.504 e. The van der Waals surface area contributed by atoms with E-state index in [9.17, 15) is 15.2 Å². The van der Waals surface area contributed by atoms with E-state index in [1.807, 2.05) is 0 Å². The van der Waals surface area contributed by atoms with Gasteiger partial charge in [-0.2, -0.15) is 5.10 Å². The van der Waals surface area contributed by atoms with Crippen molar-refractivity contribution in [1.29, 1.82) is 0 Å². The summed E-state index contributed by atoms with van der Waals surface area (Å²) in [4.78, 5) is 10.1. The lowest BCUT2D eigenvalue weighted by Gasteiger charge is -2.05. The third-order valence-electron chi connectivity index (χ3n) is 1.86. The Hall–Kier alpha value is -2.42. The highest BCUT2D eigenvalue weighted by Crippen LogP contribution is 2.36. The first-order chi connectivity index (χ1) is 8.45. The van der Waals surface area contributed by atoms with Gasteiger partial charge in [0.05, 0.1) is 18.2 Å². The Balaban J connectivity index is 3.13. The molecule has 1 rings (SSSR count). The van der Waals surface area contributed by atoms with Crippen molar-refractivity contribution in [3.8, 4) is 11.5 Å². The van der Waals surface area contributed by atoms with E-state index in [-0.39, 0.29) is 22.3 Å². The van der Waals surface area contributed by atoms with Gasteiger partial charge in [-0.25, -0.2) is 0 Å². The topological polar surface area (TPSA) is 123 Å². The molecule has 0 bridgehead atoms. The van der Waals surface area contributed by atoms with E-state index in [0.717, 1.165) is 0 Å². The fourth-order valence-corrected chi connectivity index (χ4v) is 1.26. The van der Waals surface area contributed by atoms with Gasteiger partial charge in [0.2, 0.25) is 5.75 Å². The molecule has 0 saturated carbocycles. The molecule has 18 heavy (non-hydrogen) atoms. The Morgan fingerprint density at radius 3 is 2.89 bits per heavy atom. The number of ether oxygens (including phenoxy) is 1. The predicted octanol–water partition coefficient (Wildman–Crippen LogP) is 0.476. The normalized spacial score (nSPS) is 10.3. The minimum atomic E-state index is -0.670. The molecule has 0 amide bonds. The fraction of sp³-hybridized carbons (Fsp3) is 0.111. The number of rotatable bonds is 4. The van der Waals surface area contributed by atoms with Crippen LogP contribution in [0.3, 0.4) is 0 Å². The van der Waals surface area contributed by atoms with E-state index in [1.54, 1.807) is 0 Å². The van der Waals surface area contributed by atoms with Crippen LogP contribution >= 0.6 is 12.2 Å². The Morgan fingerprint density at radius 2 is 2.39 bits per heavy atom. The van der Waals surface area contributed by atoms with Crippen LogP contribution in [0.1, 0.15) is 5.56 Å². The standard InChI is InChI=1S/C9H10N4O4S/c1-17-8-6(13(15)16)2-5(3-7(8)14)4-11-12-9(10)18/h2-4,14H,1H3,(H3,10,12,18). The highest BCUT2D eigenvalue weighted by atomic mass is 32.1. The van der Waals surface area contributed by atoms with Crippen molar-refractivity contribution >= 4 is 29.2 Å². The number of nitrogens with two attached hydrogens (primary N) is 1. The molecule has 0 atom stereocenters. The lowest BCUT2D eigenvalue weighted by atomic mass is 10.2. The summed E-state index contributed by atoms with van der Waals surface area (Å²) in [5, 5.41) is 23.9. The lowest BCUT2D eigenvalue weighted by Crippen LogP contribution is -2.23. The van der Waals surface area contributed by atoms with E-state index in [2.05, 4.69) is 22.7 Å². The van der Waals surface area contributed by atoms with Crippen molar-refractivity contribution in [3.05, 3.63) is 27.8 Å². The second-order valence-electron chi connectivity index (χ2n) is 3.08. The van der Waals surface area contributed by atoms with Crippen LogP contribution in [0, 0.1) is 10.1 Å². The average molecular weight is 270 g/mol. The Morgan fingerprint density at radius 1 is 1.72 bits per heavy atom. The highest BCUT2D eigenvalue weighted by molar-refractivity contribution is 7.80. The Labute approximate surface area is 107 Å². The maximum atomic E-state index is 10.8. The summed E-state index contributed by atoms with van der Waals surface area (Å²) in [5.41, 5.74) is 7.35. The number of nitrogens with one attached hydrogen (secondary N) is 1. The lowest BCUT2D eigenvalue weighted by molar-refractivity contribution is -0.385. The van der Waals surface area contributed by atoms with E-state index in [1.165, 1.54) is 25.5 Å². The van der Waals surface area contributed by atoms with Crippen molar-refractivity contribution in [2.24, 2.45) is 10.8 Å². The van der Waals surface area contributed by atoms with E-state index in [0.29, 0.717) is 5.56 Å². The van der Waals surface area contributed by atoms with Crippen molar-refractivity contribution in [3.63, 3.8) is 0 Å². The van der Waals surface area contributed by atoms with Crippen LogP contribution < -0.4 is 15.9 Å². The van der Waals surface area contributed by atoms with Crippen LogP contribution in [0.15, 0.2) is 17.2 Å². The molecule has 9 heteroatoms. The fourth-order valence-electron chi connectivity index (χ4n) is 1.21. The number of nitro benzene ring substituents is 1. The SMILES string of the molecule is COc1c(O)cc(C=NNC(N)=S)cc1[N+](=O)[O-]. The summed E-state index contributed by atoms with van der Waals surface area (Å²) in [6.07, 6.45) is 1.23. The zero-order valence-corrected chi connectivity index (χ0v) is 10.1. The molecule has 96 valence electrons. The summed E-state index contributed by atoms with van der Waals surface area (Å²) < 4.78 is 4.74. The summed E-state index contributed by atoms with van der Waals surface area (Å²) in [6, 6.07) is 2.46. The van der Waals surface area contributed by atoms with Crippen LogP contribution in [0.4, 0.5) is 5.69 Å². The third-order valence-corrected chi connectivity index (χ3v) is 1.95. The maximum Gasteiger partial charge on any atom is 0.315 e. The molecule has 0 aliphatic rings. The number of hydrogen-bond acceptors (Lipinski definition) is 6. The number of nitro groups is 1. The van der Waals surface area contributed by atoms with Crippen molar-refractivity contribution in [1.82, 2.24) is 5.43 Å². The van der Waals surface area contributed by atoms with Crippen molar-refractivity contribution in [2.75, 3.05) is 7.11 Å². The largest absolute Gasteiger partial charge is 0.504 e. The molecular formula is C9H10N4O4S. The third kappa shape index (κ3) is 3.28. The van der Waals surface area contributed by atoms with Crippen LogP contribution in [0.2, 0.25) is 0 Å². The second-order valence-corrected chi connectivity index (χ2v) is 3.52. The van der Waals surface area contributed by atoms with Crippen molar-refractivity contribution < 1.29 is 14.8 Å². The molecule has 8 nitrogen and oxygen atoms in total. The Bertz CT molecular complexity index is 518. The van der Waals surface area contributed by atoms with Gasteiger partial charge in [-0.1, -0.05) is 0 Å². The first-order valence-electron chi connectivity index (χ1n) is 4.59. The molecule has 0 heterocycles. The van der Waals surface area contributed by atoms with Gasteiger partial charge in [-0.3, -0.25) is 15.5 Å². The van der Waals surface area contributed by atoms with Crippen LogP contribution in [0.25, 0.3) is 0 Å². The number of nitrogens with zero attached hydrogens (tertiary/aromatic N) is 2. The van der Waals surface area contributed by atoms with Gasteiger partial charge >= 0.3 is 5.69 Å². The molecule has 0 radical (unpaired) electrons. The molecule has 0 saturated heterocycles. The molecule has 0 aromatic heterocycles. The molecule has 0 unspecified atom stereocenters. The van der Waals surface area contributed by atoms with Crippen LogP contribution in [-0.2, 0) is 0 Å². The summed E-state index contributed by atoms with van der Waals surface area (Å²) in [5.74, 6) is -0.567. The number of benzene rings is 1. The average Bonchev–Trinajstić information content (AvgIpc) is 2.27. The first kappa shape index (κ1) is 13.6. The van der Waals surface area contributed by atoms with E-state index >= 15 is 0 Å². The van der Waals surface area contributed by atoms with Gasteiger partial charge < -0.3 is 15.6 Å². The second kappa shape index (κ2) is 5.77. The molecular weight excluding hydrogens is 260 g/mol. The molecule has 0 spiro atoms. The monoisotopic (exact) mass is 270 g/mol. The molecule has 0 aliphatic carbocycles. The van der Waals surface area contributed by atoms with E-state index < -0.39 is 4.92 Å². The van der Waals surface area contributed by atoms with Gasteiger partial charge in [0.25, 0.3) is 0 Å². The number of hydrogen-bond donors (Lipinski definition) is 3. The quantitative estimate of drug-likeness (QED) is 0.314. The van der Waals surface area contributed by atoms with Crippen molar-refractivity contribution in [2.45, 2.75) is 0 Å². The smallest absolute Gasteiger partial charge is 0.315 e. The summed E-state index contributed by atoms with van der Waals surface area (Å²) in [6.45, 7) is 0.